The minimum atomic E-state index is 0.689. The van der Waals surface area contributed by atoms with Gasteiger partial charge in [0.2, 0.25) is 0 Å². The lowest BCUT2D eigenvalue weighted by Gasteiger charge is -2.20. The van der Waals surface area contributed by atoms with Crippen LogP contribution >= 0.6 is 15.9 Å². The Bertz CT molecular complexity index is 339. The second-order valence-corrected chi connectivity index (χ2v) is 5.40. The number of methoxy groups -OCH3 is 1. The first-order chi connectivity index (χ1) is 7.52. The fourth-order valence-electron chi connectivity index (χ4n) is 1.78. The molecule has 0 aliphatic carbocycles. The van der Waals surface area contributed by atoms with E-state index in [1.54, 1.807) is 7.11 Å². The van der Waals surface area contributed by atoms with Crippen LogP contribution in [0.3, 0.4) is 0 Å². The Labute approximate surface area is 107 Å². The van der Waals surface area contributed by atoms with Gasteiger partial charge in [-0.1, -0.05) is 29.8 Å². The highest BCUT2D eigenvalue weighted by Crippen LogP contribution is 2.23. The molecule has 0 aliphatic rings. The van der Waals surface area contributed by atoms with Crippen molar-refractivity contribution in [1.82, 2.24) is 4.90 Å². The fourth-order valence-corrected chi connectivity index (χ4v) is 2.15. The average molecular weight is 286 g/mol. The standard InChI is InChI=1S/C13H20BrNO/c1-10(2)8-15(3)9-11-7-12(16-4)5-6-13(11)14/h5-7,10H,8-9H2,1-4H3. The molecule has 0 amide bonds. The Morgan fingerprint density at radius 3 is 2.62 bits per heavy atom. The molecule has 2 nitrogen and oxygen atoms in total. The number of hydrogen-bond acceptors (Lipinski definition) is 2. The molecular weight excluding hydrogens is 266 g/mol. The zero-order valence-corrected chi connectivity index (χ0v) is 12.0. The molecule has 90 valence electrons. The van der Waals surface area contributed by atoms with E-state index in [4.69, 9.17) is 4.74 Å². The van der Waals surface area contributed by atoms with Gasteiger partial charge in [-0.25, -0.2) is 0 Å². The van der Waals surface area contributed by atoms with Crippen LogP contribution in [0.5, 0.6) is 5.75 Å². The van der Waals surface area contributed by atoms with Crippen LogP contribution < -0.4 is 4.74 Å². The van der Waals surface area contributed by atoms with E-state index in [-0.39, 0.29) is 0 Å². The molecular formula is C13H20BrNO. The Kier molecular flexibility index (Phi) is 5.29. The lowest BCUT2D eigenvalue weighted by Crippen LogP contribution is -2.22. The topological polar surface area (TPSA) is 12.5 Å². The largest absolute Gasteiger partial charge is 0.497 e. The van der Waals surface area contributed by atoms with Gasteiger partial charge in [0.15, 0.2) is 0 Å². The first kappa shape index (κ1) is 13.5. The van der Waals surface area contributed by atoms with Gasteiger partial charge in [0.05, 0.1) is 7.11 Å². The number of rotatable bonds is 5. The molecule has 0 saturated heterocycles. The first-order valence-electron chi connectivity index (χ1n) is 5.54. The Balaban J connectivity index is 2.71. The summed E-state index contributed by atoms with van der Waals surface area (Å²) in [5, 5.41) is 0. The van der Waals surface area contributed by atoms with Crippen molar-refractivity contribution in [1.29, 1.82) is 0 Å². The second kappa shape index (κ2) is 6.26. The highest BCUT2D eigenvalue weighted by molar-refractivity contribution is 9.10. The quantitative estimate of drug-likeness (QED) is 0.821. The van der Waals surface area contributed by atoms with Crippen molar-refractivity contribution in [3.8, 4) is 5.75 Å². The molecule has 0 atom stereocenters. The van der Waals surface area contributed by atoms with Crippen LogP contribution in [-0.4, -0.2) is 25.6 Å². The zero-order valence-electron chi connectivity index (χ0n) is 10.5. The van der Waals surface area contributed by atoms with Gasteiger partial charge in [0.1, 0.15) is 5.75 Å². The van der Waals surface area contributed by atoms with Crippen molar-refractivity contribution in [2.45, 2.75) is 20.4 Å². The maximum Gasteiger partial charge on any atom is 0.119 e. The van der Waals surface area contributed by atoms with E-state index in [1.807, 2.05) is 12.1 Å². The van der Waals surface area contributed by atoms with Crippen LogP contribution in [0, 0.1) is 5.92 Å². The van der Waals surface area contributed by atoms with Crippen LogP contribution in [0.25, 0.3) is 0 Å². The molecule has 0 bridgehead atoms. The van der Waals surface area contributed by atoms with Crippen LogP contribution in [-0.2, 0) is 6.54 Å². The van der Waals surface area contributed by atoms with Crippen molar-refractivity contribution >= 4 is 15.9 Å². The lowest BCUT2D eigenvalue weighted by atomic mass is 10.1. The molecule has 0 aliphatic heterocycles. The predicted octanol–water partition coefficient (Wildman–Crippen LogP) is 3.55. The summed E-state index contributed by atoms with van der Waals surface area (Å²) < 4.78 is 6.38. The van der Waals surface area contributed by atoms with Gasteiger partial charge in [-0.2, -0.15) is 0 Å². The highest BCUT2D eigenvalue weighted by atomic mass is 79.9. The molecule has 0 saturated carbocycles. The summed E-state index contributed by atoms with van der Waals surface area (Å²) >= 11 is 3.57. The summed E-state index contributed by atoms with van der Waals surface area (Å²) in [4.78, 5) is 2.32. The molecule has 0 heterocycles. The van der Waals surface area contributed by atoms with E-state index in [0.717, 1.165) is 23.3 Å². The van der Waals surface area contributed by atoms with E-state index in [1.165, 1.54) is 5.56 Å². The van der Waals surface area contributed by atoms with Crippen molar-refractivity contribution in [3.63, 3.8) is 0 Å². The van der Waals surface area contributed by atoms with Crippen molar-refractivity contribution < 1.29 is 4.74 Å². The van der Waals surface area contributed by atoms with Gasteiger partial charge < -0.3 is 9.64 Å². The zero-order chi connectivity index (χ0) is 12.1. The molecule has 1 rings (SSSR count). The molecule has 1 aromatic carbocycles. The van der Waals surface area contributed by atoms with Gasteiger partial charge in [-0.3, -0.25) is 0 Å². The summed E-state index contributed by atoms with van der Waals surface area (Å²) in [5.74, 6) is 1.60. The minimum Gasteiger partial charge on any atom is -0.497 e. The van der Waals surface area contributed by atoms with E-state index in [0.29, 0.717) is 5.92 Å². The first-order valence-corrected chi connectivity index (χ1v) is 6.33. The monoisotopic (exact) mass is 285 g/mol. The lowest BCUT2D eigenvalue weighted by molar-refractivity contribution is 0.287. The molecule has 16 heavy (non-hydrogen) atoms. The molecule has 0 N–H and O–H groups in total. The number of halogens is 1. The van der Waals surface area contributed by atoms with Gasteiger partial charge in [-0.15, -0.1) is 0 Å². The third-order valence-electron chi connectivity index (χ3n) is 2.37. The fraction of sp³-hybridized carbons (Fsp3) is 0.538. The normalized spacial score (nSPS) is 11.2. The van der Waals surface area contributed by atoms with Gasteiger partial charge in [-0.05, 0) is 36.7 Å². The average Bonchev–Trinajstić information content (AvgIpc) is 2.20. The summed E-state index contributed by atoms with van der Waals surface area (Å²) in [7, 11) is 3.84. The Morgan fingerprint density at radius 1 is 1.38 bits per heavy atom. The minimum absolute atomic E-state index is 0.689. The molecule has 0 unspecified atom stereocenters. The van der Waals surface area contributed by atoms with E-state index >= 15 is 0 Å². The number of ether oxygens (including phenoxy) is 1. The van der Waals surface area contributed by atoms with Crippen molar-refractivity contribution in [2.75, 3.05) is 20.7 Å². The van der Waals surface area contributed by atoms with Gasteiger partial charge in [0, 0.05) is 17.6 Å². The molecule has 0 spiro atoms. The Morgan fingerprint density at radius 2 is 2.06 bits per heavy atom. The molecule has 0 radical (unpaired) electrons. The molecule has 3 heteroatoms. The predicted molar refractivity (Wildman–Crippen MR) is 71.9 cm³/mol. The third kappa shape index (κ3) is 4.14. The van der Waals surface area contributed by atoms with Crippen LogP contribution in [0.2, 0.25) is 0 Å². The van der Waals surface area contributed by atoms with Crippen LogP contribution in [0.4, 0.5) is 0 Å². The summed E-state index contributed by atoms with van der Waals surface area (Å²) in [5.41, 5.74) is 1.27. The van der Waals surface area contributed by atoms with Gasteiger partial charge in [0.25, 0.3) is 0 Å². The molecule has 0 fully saturated rings. The molecule has 0 aromatic heterocycles. The Hall–Kier alpha value is -0.540. The maximum absolute atomic E-state index is 5.23. The highest BCUT2D eigenvalue weighted by Gasteiger charge is 2.07. The third-order valence-corrected chi connectivity index (χ3v) is 3.14. The maximum atomic E-state index is 5.23. The second-order valence-electron chi connectivity index (χ2n) is 4.55. The summed E-state index contributed by atoms with van der Waals surface area (Å²) in [6.45, 7) is 6.51. The number of benzene rings is 1. The van der Waals surface area contributed by atoms with Crippen molar-refractivity contribution in [3.05, 3.63) is 28.2 Å². The smallest absolute Gasteiger partial charge is 0.119 e. The SMILES string of the molecule is COc1ccc(Br)c(CN(C)CC(C)C)c1. The van der Waals surface area contributed by atoms with E-state index in [2.05, 4.69) is 47.8 Å². The van der Waals surface area contributed by atoms with E-state index < -0.39 is 0 Å². The molecule has 1 aromatic rings. The van der Waals surface area contributed by atoms with Crippen LogP contribution in [0.1, 0.15) is 19.4 Å². The van der Waals surface area contributed by atoms with Gasteiger partial charge >= 0.3 is 0 Å². The number of nitrogens with zero attached hydrogens (tertiary/aromatic N) is 1. The summed E-state index contributed by atoms with van der Waals surface area (Å²) in [6, 6.07) is 6.09. The number of hydrogen-bond donors (Lipinski definition) is 0. The van der Waals surface area contributed by atoms with Crippen LogP contribution in [0.15, 0.2) is 22.7 Å². The van der Waals surface area contributed by atoms with Crippen molar-refractivity contribution in [2.24, 2.45) is 5.92 Å². The van der Waals surface area contributed by atoms with E-state index in [9.17, 15) is 0 Å². The summed E-state index contributed by atoms with van der Waals surface area (Å²) in [6.07, 6.45) is 0.